The second kappa shape index (κ2) is 6.33. The molecule has 2 aliphatic heterocycles. The van der Waals surface area contributed by atoms with Crippen LogP contribution in [0.2, 0.25) is 0 Å². The zero-order chi connectivity index (χ0) is 12.1. The number of ether oxygens (including phenoxy) is 1. The van der Waals surface area contributed by atoms with Crippen LogP contribution in [0.1, 0.15) is 19.8 Å². The van der Waals surface area contributed by atoms with Crippen LogP contribution in [0.3, 0.4) is 0 Å². The Bertz CT molecular complexity index is 254. The van der Waals surface area contributed by atoms with Crippen LogP contribution in [0.5, 0.6) is 0 Å². The number of carbonyl (C=O) groups excluding carboxylic acids is 1. The van der Waals surface area contributed by atoms with E-state index in [9.17, 15) is 4.79 Å². The molecule has 2 fully saturated rings. The van der Waals surface area contributed by atoms with Crippen molar-refractivity contribution in [3.8, 4) is 0 Å². The summed E-state index contributed by atoms with van der Waals surface area (Å²) in [5, 5.41) is 6.22. The van der Waals surface area contributed by atoms with E-state index in [1.807, 2.05) is 0 Å². The standard InChI is InChI=1S/C12H23N3O2/c1-10-9-17-8-7-15(10)6-5-14-12(16)11-3-2-4-13-11/h10-11,13H,2-9H2,1H3,(H,14,16). The maximum absolute atomic E-state index is 11.8. The van der Waals surface area contributed by atoms with Crippen LogP contribution in [0, 0.1) is 0 Å². The van der Waals surface area contributed by atoms with Crippen molar-refractivity contribution in [1.82, 2.24) is 15.5 Å². The molecule has 0 aliphatic carbocycles. The van der Waals surface area contributed by atoms with Crippen LogP contribution in [0.15, 0.2) is 0 Å². The second-order valence-corrected chi connectivity index (χ2v) is 4.90. The molecule has 0 aromatic carbocycles. The van der Waals surface area contributed by atoms with E-state index in [0.717, 1.165) is 52.2 Å². The lowest BCUT2D eigenvalue weighted by atomic mass is 10.2. The minimum absolute atomic E-state index is 0.0390. The van der Waals surface area contributed by atoms with Crippen molar-refractivity contribution in [1.29, 1.82) is 0 Å². The molecule has 2 saturated heterocycles. The van der Waals surface area contributed by atoms with E-state index in [0.29, 0.717) is 6.04 Å². The largest absolute Gasteiger partial charge is 0.379 e. The van der Waals surface area contributed by atoms with Gasteiger partial charge in [0.25, 0.3) is 0 Å². The molecule has 1 amide bonds. The van der Waals surface area contributed by atoms with Gasteiger partial charge in [-0.1, -0.05) is 0 Å². The lowest BCUT2D eigenvalue weighted by Crippen LogP contribution is -2.48. The fourth-order valence-corrected chi connectivity index (χ4v) is 2.45. The summed E-state index contributed by atoms with van der Waals surface area (Å²) in [5.41, 5.74) is 0. The Kier molecular flexibility index (Phi) is 4.76. The molecule has 0 aromatic heterocycles. The highest BCUT2D eigenvalue weighted by Crippen LogP contribution is 2.06. The van der Waals surface area contributed by atoms with E-state index < -0.39 is 0 Å². The average Bonchev–Trinajstić information content (AvgIpc) is 2.85. The fourth-order valence-electron chi connectivity index (χ4n) is 2.45. The summed E-state index contributed by atoms with van der Waals surface area (Å²) in [5.74, 6) is 0.156. The molecule has 0 aromatic rings. The molecule has 2 unspecified atom stereocenters. The van der Waals surface area contributed by atoms with Crippen molar-refractivity contribution in [3.63, 3.8) is 0 Å². The van der Waals surface area contributed by atoms with E-state index in [1.165, 1.54) is 0 Å². The van der Waals surface area contributed by atoms with Crippen molar-refractivity contribution in [2.24, 2.45) is 0 Å². The Morgan fingerprint density at radius 3 is 3.18 bits per heavy atom. The van der Waals surface area contributed by atoms with Crippen LogP contribution in [0.4, 0.5) is 0 Å². The molecule has 2 aliphatic rings. The third kappa shape index (κ3) is 3.66. The van der Waals surface area contributed by atoms with Gasteiger partial charge in [-0.05, 0) is 26.3 Å². The van der Waals surface area contributed by atoms with Crippen molar-refractivity contribution >= 4 is 5.91 Å². The number of nitrogens with one attached hydrogen (secondary N) is 2. The number of hydrogen-bond acceptors (Lipinski definition) is 4. The van der Waals surface area contributed by atoms with Gasteiger partial charge in [-0.25, -0.2) is 0 Å². The van der Waals surface area contributed by atoms with E-state index in [1.54, 1.807) is 0 Å². The molecule has 98 valence electrons. The molecule has 2 atom stereocenters. The first-order valence-corrected chi connectivity index (χ1v) is 6.60. The summed E-state index contributed by atoms with van der Waals surface area (Å²) in [6.07, 6.45) is 2.08. The number of morpholine rings is 1. The van der Waals surface area contributed by atoms with Crippen molar-refractivity contribution in [2.75, 3.05) is 39.4 Å². The maximum atomic E-state index is 11.8. The number of nitrogens with zero attached hydrogens (tertiary/aromatic N) is 1. The lowest BCUT2D eigenvalue weighted by molar-refractivity contribution is -0.122. The van der Waals surface area contributed by atoms with Crippen LogP contribution >= 0.6 is 0 Å². The first kappa shape index (κ1) is 12.8. The Morgan fingerprint density at radius 2 is 2.47 bits per heavy atom. The minimum Gasteiger partial charge on any atom is -0.379 e. The second-order valence-electron chi connectivity index (χ2n) is 4.90. The van der Waals surface area contributed by atoms with Crippen LogP contribution < -0.4 is 10.6 Å². The average molecular weight is 241 g/mol. The fraction of sp³-hybridized carbons (Fsp3) is 0.917. The molecule has 5 heteroatoms. The summed E-state index contributed by atoms with van der Waals surface area (Å²) in [7, 11) is 0. The van der Waals surface area contributed by atoms with E-state index >= 15 is 0 Å². The normalized spacial score (nSPS) is 30.4. The van der Waals surface area contributed by atoms with Crippen LogP contribution in [0.25, 0.3) is 0 Å². The summed E-state index contributed by atoms with van der Waals surface area (Å²) < 4.78 is 5.38. The Morgan fingerprint density at radius 1 is 1.59 bits per heavy atom. The highest BCUT2D eigenvalue weighted by molar-refractivity contribution is 5.81. The molecular weight excluding hydrogens is 218 g/mol. The predicted molar refractivity (Wildman–Crippen MR) is 65.9 cm³/mol. The van der Waals surface area contributed by atoms with Gasteiger partial charge in [0.2, 0.25) is 5.91 Å². The van der Waals surface area contributed by atoms with Gasteiger partial charge in [0.1, 0.15) is 0 Å². The Labute approximate surface area is 103 Å². The summed E-state index contributed by atoms with van der Waals surface area (Å²) in [6, 6.07) is 0.502. The summed E-state index contributed by atoms with van der Waals surface area (Å²) >= 11 is 0. The van der Waals surface area contributed by atoms with E-state index in [2.05, 4.69) is 22.5 Å². The summed E-state index contributed by atoms with van der Waals surface area (Å²) in [4.78, 5) is 14.1. The molecule has 0 saturated carbocycles. The maximum Gasteiger partial charge on any atom is 0.237 e. The molecule has 0 spiro atoms. The van der Waals surface area contributed by atoms with Gasteiger partial charge in [-0.15, -0.1) is 0 Å². The highest BCUT2D eigenvalue weighted by Gasteiger charge is 2.22. The predicted octanol–water partition coefficient (Wildman–Crippen LogP) is -0.425. The van der Waals surface area contributed by atoms with Gasteiger partial charge in [0.15, 0.2) is 0 Å². The summed E-state index contributed by atoms with van der Waals surface area (Å²) in [6.45, 7) is 7.38. The zero-order valence-electron chi connectivity index (χ0n) is 10.6. The Balaban J connectivity index is 1.63. The molecule has 2 rings (SSSR count). The molecule has 2 N–H and O–H groups in total. The molecule has 0 bridgehead atoms. The van der Waals surface area contributed by atoms with Crippen molar-refractivity contribution in [2.45, 2.75) is 31.8 Å². The van der Waals surface area contributed by atoms with E-state index in [4.69, 9.17) is 4.74 Å². The van der Waals surface area contributed by atoms with Gasteiger partial charge in [-0.2, -0.15) is 0 Å². The third-order valence-electron chi connectivity index (χ3n) is 3.58. The van der Waals surface area contributed by atoms with Crippen LogP contribution in [-0.2, 0) is 9.53 Å². The van der Waals surface area contributed by atoms with E-state index in [-0.39, 0.29) is 11.9 Å². The molecule has 2 heterocycles. The first-order valence-electron chi connectivity index (χ1n) is 6.60. The Hall–Kier alpha value is -0.650. The number of rotatable bonds is 4. The SMILES string of the molecule is CC1COCCN1CCNC(=O)C1CCCN1. The highest BCUT2D eigenvalue weighted by atomic mass is 16.5. The lowest BCUT2D eigenvalue weighted by Gasteiger charge is -2.33. The van der Waals surface area contributed by atoms with Crippen LogP contribution in [-0.4, -0.2) is 62.3 Å². The zero-order valence-corrected chi connectivity index (χ0v) is 10.6. The van der Waals surface area contributed by atoms with Crippen molar-refractivity contribution < 1.29 is 9.53 Å². The molecule has 0 radical (unpaired) electrons. The van der Waals surface area contributed by atoms with Gasteiger partial charge >= 0.3 is 0 Å². The number of amides is 1. The first-order chi connectivity index (χ1) is 8.27. The number of carbonyl (C=O) groups is 1. The van der Waals surface area contributed by atoms with Gasteiger partial charge < -0.3 is 15.4 Å². The molecular formula is C12H23N3O2. The quantitative estimate of drug-likeness (QED) is 0.701. The smallest absolute Gasteiger partial charge is 0.237 e. The van der Waals surface area contributed by atoms with Gasteiger partial charge in [0.05, 0.1) is 19.3 Å². The number of hydrogen-bond donors (Lipinski definition) is 2. The minimum atomic E-state index is 0.0390. The third-order valence-corrected chi connectivity index (χ3v) is 3.58. The molecule has 17 heavy (non-hydrogen) atoms. The topological polar surface area (TPSA) is 53.6 Å². The van der Waals surface area contributed by atoms with Gasteiger partial charge in [-0.3, -0.25) is 9.69 Å². The monoisotopic (exact) mass is 241 g/mol. The van der Waals surface area contributed by atoms with Gasteiger partial charge in [0, 0.05) is 25.7 Å². The van der Waals surface area contributed by atoms with Crippen molar-refractivity contribution in [3.05, 3.63) is 0 Å². The molecule has 5 nitrogen and oxygen atoms in total.